The molecule has 0 amide bonds. The van der Waals surface area contributed by atoms with Gasteiger partial charge in [-0.15, -0.1) is 0 Å². The van der Waals surface area contributed by atoms with Crippen molar-refractivity contribution in [3.63, 3.8) is 0 Å². The van der Waals surface area contributed by atoms with Crippen LogP contribution in [0.5, 0.6) is 0 Å². The van der Waals surface area contributed by atoms with E-state index in [0.717, 1.165) is 19.4 Å². The van der Waals surface area contributed by atoms with Crippen LogP contribution in [0.25, 0.3) is 0 Å². The Kier molecular flexibility index (Phi) is 4.51. The molecule has 106 valence electrons. The second kappa shape index (κ2) is 5.96. The number of hydrogen-bond acceptors (Lipinski definition) is 2. The maximum absolute atomic E-state index is 9.29. The molecule has 2 heteroatoms. The smallest absolute Gasteiger partial charge is 0.0434 e. The normalized spacial score (nSPS) is 22.5. The van der Waals surface area contributed by atoms with Gasteiger partial charge in [0.15, 0.2) is 0 Å². The fourth-order valence-electron chi connectivity index (χ4n) is 3.51. The number of anilines is 1. The van der Waals surface area contributed by atoms with Crippen LogP contribution in [0.15, 0.2) is 24.3 Å². The molecule has 1 N–H and O–H groups in total. The van der Waals surface area contributed by atoms with Crippen molar-refractivity contribution < 1.29 is 5.11 Å². The molecule has 19 heavy (non-hydrogen) atoms. The van der Waals surface area contributed by atoms with E-state index in [2.05, 4.69) is 49.9 Å². The Morgan fingerprint density at radius 3 is 2.74 bits per heavy atom. The van der Waals surface area contributed by atoms with Gasteiger partial charge < -0.3 is 10.0 Å². The van der Waals surface area contributed by atoms with E-state index in [0.29, 0.717) is 12.5 Å². The van der Waals surface area contributed by atoms with Gasteiger partial charge in [0, 0.05) is 24.4 Å². The first-order chi connectivity index (χ1) is 9.11. The van der Waals surface area contributed by atoms with Gasteiger partial charge in [-0.25, -0.2) is 0 Å². The van der Waals surface area contributed by atoms with E-state index in [4.69, 9.17) is 0 Å². The van der Waals surface area contributed by atoms with Gasteiger partial charge in [-0.2, -0.15) is 0 Å². The van der Waals surface area contributed by atoms with Crippen LogP contribution in [0.4, 0.5) is 5.69 Å². The number of para-hydroxylation sites is 1. The van der Waals surface area contributed by atoms with E-state index in [9.17, 15) is 5.11 Å². The molecule has 1 heterocycles. The summed E-state index contributed by atoms with van der Waals surface area (Å²) in [5.74, 6) is 0.580. The van der Waals surface area contributed by atoms with Crippen molar-refractivity contribution in [3.8, 4) is 0 Å². The van der Waals surface area contributed by atoms with Crippen LogP contribution in [0.1, 0.15) is 45.6 Å². The summed E-state index contributed by atoms with van der Waals surface area (Å²) in [5, 5.41) is 9.29. The number of rotatable bonds is 4. The van der Waals surface area contributed by atoms with E-state index < -0.39 is 0 Å². The number of aliphatic hydroxyl groups is 1. The largest absolute Gasteiger partial charge is 0.396 e. The van der Waals surface area contributed by atoms with Gasteiger partial charge in [-0.3, -0.25) is 0 Å². The summed E-state index contributed by atoms with van der Waals surface area (Å²) in [5.41, 5.74) is 2.95. The molecule has 0 aliphatic carbocycles. The summed E-state index contributed by atoms with van der Waals surface area (Å²) in [6, 6.07) is 8.76. The predicted molar refractivity (Wildman–Crippen MR) is 81.7 cm³/mol. The molecule has 1 unspecified atom stereocenters. The quantitative estimate of drug-likeness (QED) is 0.894. The van der Waals surface area contributed by atoms with Gasteiger partial charge in [-0.05, 0) is 57.1 Å². The Hall–Kier alpha value is -1.02. The van der Waals surface area contributed by atoms with E-state index in [-0.39, 0.29) is 5.54 Å². The first-order valence-electron chi connectivity index (χ1n) is 7.57. The monoisotopic (exact) mass is 261 g/mol. The lowest BCUT2D eigenvalue weighted by molar-refractivity contribution is 0.176. The molecule has 1 aliphatic heterocycles. The molecule has 1 aromatic rings. The number of aryl methyl sites for hydroxylation is 1. The first-order valence-corrected chi connectivity index (χ1v) is 7.57. The lowest BCUT2D eigenvalue weighted by atomic mass is 9.76. The summed E-state index contributed by atoms with van der Waals surface area (Å²) >= 11 is 0. The SMILES string of the molecule is CCc1ccccc1N1CCCC(CCO)C1(C)C. The van der Waals surface area contributed by atoms with Gasteiger partial charge in [0.1, 0.15) is 0 Å². The average Bonchev–Trinajstić information content (AvgIpc) is 2.41. The Balaban J connectivity index is 2.32. The van der Waals surface area contributed by atoms with Gasteiger partial charge in [-0.1, -0.05) is 25.1 Å². The third-order valence-electron chi connectivity index (χ3n) is 4.77. The van der Waals surface area contributed by atoms with E-state index in [1.807, 2.05) is 0 Å². The third-order valence-corrected chi connectivity index (χ3v) is 4.77. The lowest BCUT2D eigenvalue weighted by Gasteiger charge is -2.50. The Morgan fingerprint density at radius 1 is 1.32 bits per heavy atom. The van der Waals surface area contributed by atoms with Gasteiger partial charge >= 0.3 is 0 Å². The second-order valence-electron chi connectivity index (χ2n) is 6.14. The zero-order valence-electron chi connectivity index (χ0n) is 12.5. The highest BCUT2D eigenvalue weighted by Crippen LogP contribution is 2.39. The summed E-state index contributed by atoms with van der Waals surface area (Å²) in [6.07, 6.45) is 4.45. The molecule has 0 radical (unpaired) electrons. The number of piperidine rings is 1. The maximum atomic E-state index is 9.29. The molecule has 2 nitrogen and oxygen atoms in total. The molecular weight excluding hydrogens is 234 g/mol. The lowest BCUT2D eigenvalue weighted by Crippen LogP contribution is -2.54. The third kappa shape index (κ3) is 2.79. The molecule has 0 saturated carbocycles. The molecular formula is C17H27NO. The van der Waals surface area contributed by atoms with Gasteiger partial charge in [0.05, 0.1) is 0 Å². The number of nitrogens with zero attached hydrogens (tertiary/aromatic N) is 1. The molecule has 1 aromatic carbocycles. The Bertz CT molecular complexity index is 411. The Morgan fingerprint density at radius 2 is 2.05 bits per heavy atom. The predicted octanol–water partition coefficient (Wildman–Crippen LogP) is 3.63. The molecule has 1 atom stereocenters. The molecule has 0 spiro atoms. The summed E-state index contributed by atoms with van der Waals surface area (Å²) in [4.78, 5) is 2.57. The van der Waals surface area contributed by atoms with Crippen LogP contribution in [-0.4, -0.2) is 23.8 Å². The van der Waals surface area contributed by atoms with Crippen LogP contribution in [0.3, 0.4) is 0 Å². The van der Waals surface area contributed by atoms with Crippen LogP contribution in [-0.2, 0) is 6.42 Å². The molecule has 0 aromatic heterocycles. The molecule has 1 fully saturated rings. The summed E-state index contributed by atoms with van der Waals surface area (Å²) in [7, 11) is 0. The van der Waals surface area contributed by atoms with Crippen molar-refractivity contribution in [3.05, 3.63) is 29.8 Å². The van der Waals surface area contributed by atoms with Gasteiger partial charge in [0.2, 0.25) is 0 Å². The van der Waals surface area contributed by atoms with Crippen molar-refractivity contribution in [1.29, 1.82) is 0 Å². The first kappa shape index (κ1) is 14.4. The van der Waals surface area contributed by atoms with Crippen LogP contribution < -0.4 is 4.90 Å². The van der Waals surface area contributed by atoms with Crippen molar-refractivity contribution in [1.82, 2.24) is 0 Å². The van der Waals surface area contributed by atoms with Crippen molar-refractivity contribution in [2.75, 3.05) is 18.1 Å². The van der Waals surface area contributed by atoms with Crippen molar-refractivity contribution >= 4 is 5.69 Å². The summed E-state index contributed by atoms with van der Waals surface area (Å²) < 4.78 is 0. The highest BCUT2D eigenvalue weighted by molar-refractivity contribution is 5.56. The minimum atomic E-state index is 0.131. The van der Waals surface area contributed by atoms with E-state index >= 15 is 0 Å². The fourth-order valence-corrected chi connectivity index (χ4v) is 3.51. The van der Waals surface area contributed by atoms with Crippen LogP contribution in [0.2, 0.25) is 0 Å². The van der Waals surface area contributed by atoms with Crippen LogP contribution in [0, 0.1) is 5.92 Å². The summed E-state index contributed by atoms with van der Waals surface area (Å²) in [6.45, 7) is 8.32. The minimum absolute atomic E-state index is 0.131. The number of aliphatic hydroxyl groups excluding tert-OH is 1. The van der Waals surface area contributed by atoms with Crippen LogP contribution >= 0.6 is 0 Å². The minimum Gasteiger partial charge on any atom is -0.396 e. The molecule has 1 aliphatic rings. The second-order valence-corrected chi connectivity index (χ2v) is 6.14. The molecule has 2 rings (SSSR count). The topological polar surface area (TPSA) is 23.5 Å². The Labute approximate surface area is 117 Å². The standard InChI is InChI=1S/C17H27NO/c1-4-14-8-5-6-10-16(14)18-12-7-9-15(11-13-19)17(18,2)3/h5-6,8,10,15,19H,4,7,9,11-13H2,1-3H3. The van der Waals surface area contributed by atoms with Gasteiger partial charge in [0.25, 0.3) is 0 Å². The zero-order valence-corrected chi connectivity index (χ0v) is 12.5. The van der Waals surface area contributed by atoms with E-state index in [1.54, 1.807) is 0 Å². The fraction of sp³-hybridized carbons (Fsp3) is 0.647. The zero-order chi connectivity index (χ0) is 13.9. The van der Waals surface area contributed by atoms with Crippen molar-refractivity contribution in [2.45, 2.75) is 52.0 Å². The average molecular weight is 261 g/mol. The molecule has 0 bridgehead atoms. The highest BCUT2D eigenvalue weighted by atomic mass is 16.3. The highest BCUT2D eigenvalue weighted by Gasteiger charge is 2.38. The maximum Gasteiger partial charge on any atom is 0.0434 e. The number of hydrogen-bond donors (Lipinski definition) is 1. The van der Waals surface area contributed by atoms with Crippen molar-refractivity contribution in [2.24, 2.45) is 5.92 Å². The number of benzene rings is 1. The van der Waals surface area contributed by atoms with E-state index in [1.165, 1.54) is 24.1 Å². The molecule has 1 saturated heterocycles.